The predicted molar refractivity (Wildman–Crippen MR) is 124 cm³/mol. The Morgan fingerprint density at radius 1 is 1.03 bits per heavy atom. The number of rotatable bonds is 6. The van der Waals surface area contributed by atoms with E-state index < -0.39 is 16.0 Å². The highest BCUT2D eigenvalue weighted by Crippen LogP contribution is 2.32. The van der Waals surface area contributed by atoms with E-state index in [4.69, 9.17) is 20.8 Å². The summed E-state index contributed by atoms with van der Waals surface area (Å²) in [7, 11) is -3.85. The normalized spacial score (nSPS) is 11.5. The second-order valence-electron chi connectivity index (χ2n) is 7.32. The van der Waals surface area contributed by atoms with E-state index in [2.05, 4.69) is 4.72 Å². The van der Waals surface area contributed by atoms with Gasteiger partial charge < -0.3 is 9.15 Å². The smallest absolute Gasteiger partial charge is 0.342 e. The summed E-state index contributed by atoms with van der Waals surface area (Å²) in [5.74, 6) is -0.143. The number of carbonyl (C=O) groups excluding carboxylic acids is 1. The molecule has 0 aliphatic rings. The number of esters is 1. The first-order valence-electron chi connectivity index (χ1n) is 9.78. The van der Waals surface area contributed by atoms with Crippen molar-refractivity contribution in [2.45, 2.75) is 25.3 Å². The molecule has 164 valence electrons. The van der Waals surface area contributed by atoms with Gasteiger partial charge in [-0.25, -0.2) is 13.2 Å². The van der Waals surface area contributed by atoms with E-state index in [1.54, 1.807) is 26.0 Å². The second kappa shape index (κ2) is 8.68. The summed E-state index contributed by atoms with van der Waals surface area (Å²) in [5, 5.41) is 0.911. The number of anilines is 1. The van der Waals surface area contributed by atoms with Crippen LogP contribution in [0.2, 0.25) is 5.02 Å². The highest BCUT2D eigenvalue weighted by atomic mass is 35.5. The molecule has 1 heterocycles. The quantitative estimate of drug-likeness (QED) is 0.357. The summed E-state index contributed by atoms with van der Waals surface area (Å²) in [4.78, 5) is 12.9. The summed E-state index contributed by atoms with van der Waals surface area (Å²) >= 11 is 5.86. The summed E-state index contributed by atoms with van der Waals surface area (Å²) in [6.45, 7) is 3.55. The molecule has 1 aromatic heterocycles. The standard InChI is InChI=1S/C24H20ClNO5S/c1-15-12-22-20(13-21(15)26-32(28,29)19-10-8-18(25)9-11-19)23(16(2)31-22)24(27)30-14-17-6-4-3-5-7-17/h3-13,26H,14H2,1-2H3. The van der Waals surface area contributed by atoms with Crippen molar-refractivity contribution >= 4 is 44.3 Å². The average molecular weight is 470 g/mol. The molecule has 1 N–H and O–H groups in total. The van der Waals surface area contributed by atoms with E-state index >= 15 is 0 Å². The SMILES string of the molecule is Cc1cc2oc(C)c(C(=O)OCc3ccccc3)c2cc1NS(=O)(=O)c1ccc(Cl)cc1. The zero-order chi connectivity index (χ0) is 22.9. The van der Waals surface area contributed by atoms with Crippen LogP contribution < -0.4 is 4.72 Å². The Labute approximate surface area is 190 Å². The molecule has 4 aromatic rings. The molecule has 0 bridgehead atoms. The third kappa shape index (κ3) is 4.49. The minimum absolute atomic E-state index is 0.0762. The number of halogens is 1. The summed E-state index contributed by atoms with van der Waals surface area (Å²) in [6.07, 6.45) is 0. The molecule has 0 fully saturated rings. The molecule has 8 heteroatoms. The zero-order valence-electron chi connectivity index (χ0n) is 17.4. The molecular formula is C24H20ClNO5S. The molecule has 0 saturated heterocycles. The van der Waals surface area contributed by atoms with Crippen LogP contribution in [0.1, 0.15) is 27.2 Å². The van der Waals surface area contributed by atoms with Gasteiger partial charge in [-0.05, 0) is 61.4 Å². The fourth-order valence-electron chi connectivity index (χ4n) is 3.34. The fraction of sp³-hybridized carbons (Fsp3) is 0.125. The van der Waals surface area contributed by atoms with E-state index in [1.807, 2.05) is 30.3 Å². The molecule has 32 heavy (non-hydrogen) atoms. The number of nitrogens with one attached hydrogen (secondary N) is 1. The highest BCUT2D eigenvalue weighted by molar-refractivity contribution is 7.92. The van der Waals surface area contributed by atoms with E-state index in [-0.39, 0.29) is 17.1 Å². The van der Waals surface area contributed by atoms with Crippen LogP contribution in [-0.2, 0) is 21.4 Å². The van der Waals surface area contributed by atoms with Crippen molar-refractivity contribution in [1.29, 1.82) is 0 Å². The molecule has 0 unspecified atom stereocenters. The number of sulfonamides is 1. The lowest BCUT2D eigenvalue weighted by Gasteiger charge is -2.11. The summed E-state index contributed by atoms with van der Waals surface area (Å²) in [6, 6.07) is 18.5. The van der Waals surface area contributed by atoms with E-state index in [0.717, 1.165) is 5.56 Å². The van der Waals surface area contributed by atoms with Gasteiger partial charge in [0.25, 0.3) is 10.0 Å². The van der Waals surface area contributed by atoms with Gasteiger partial charge in [0, 0.05) is 10.4 Å². The maximum Gasteiger partial charge on any atom is 0.342 e. The molecule has 3 aromatic carbocycles. The van der Waals surface area contributed by atoms with Crippen LogP contribution in [0.3, 0.4) is 0 Å². The van der Waals surface area contributed by atoms with E-state index in [0.29, 0.717) is 33.0 Å². The number of carbonyl (C=O) groups is 1. The number of benzene rings is 3. The van der Waals surface area contributed by atoms with Crippen molar-refractivity contribution in [3.05, 3.63) is 94.2 Å². The van der Waals surface area contributed by atoms with E-state index in [9.17, 15) is 13.2 Å². The fourth-order valence-corrected chi connectivity index (χ4v) is 4.59. The van der Waals surface area contributed by atoms with Gasteiger partial charge in [0.15, 0.2) is 0 Å². The van der Waals surface area contributed by atoms with Gasteiger partial charge >= 0.3 is 5.97 Å². The van der Waals surface area contributed by atoms with Gasteiger partial charge in [0.2, 0.25) is 0 Å². The highest BCUT2D eigenvalue weighted by Gasteiger charge is 2.22. The minimum Gasteiger partial charge on any atom is -0.460 e. The van der Waals surface area contributed by atoms with E-state index in [1.165, 1.54) is 24.3 Å². The molecule has 6 nitrogen and oxygen atoms in total. The van der Waals surface area contributed by atoms with Gasteiger partial charge in [-0.1, -0.05) is 41.9 Å². The number of ether oxygens (including phenoxy) is 1. The Kier molecular flexibility index (Phi) is 5.95. The Morgan fingerprint density at radius 3 is 2.41 bits per heavy atom. The molecule has 0 aliphatic carbocycles. The average Bonchev–Trinajstić information content (AvgIpc) is 3.07. The molecule has 0 radical (unpaired) electrons. The molecule has 0 saturated carbocycles. The molecule has 4 rings (SSSR count). The Morgan fingerprint density at radius 2 is 1.72 bits per heavy atom. The van der Waals surface area contributed by atoms with Crippen LogP contribution in [0.5, 0.6) is 0 Å². The van der Waals surface area contributed by atoms with Crippen molar-refractivity contribution in [1.82, 2.24) is 0 Å². The van der Waals surface area contributed by atoms with Crippen molar-refractivity contribution in [2.24, 2.45) is 0 Å². The number of furan rings is 1. The molecule has 0 aliphatic heterocycles. The Balaban J connectivity index is 1.66. The maximum absolute atomic E-state index is 12.8. The Hall–Kier alpha value is -3.29. The molecular weight excluding hydrogens is 450 g/mol. The minimum atomic E-state index is -3.85. The maximum atomic E-state index is 12.8. The lowest BCUT2D eigenvalue weighted by molar-refractivity contribution is 0.0473. The van der Waals surface area contributed by atoms with Gasteiger partial charge in [-0.3, -0.25) is 4.72 Å². The van der Waals surface area contributed by atoms with Crippen LogP contribution in [-0.4, -0.2) is 14.4 Å². The Bertz CT molecular complexity index is 1390. The second-order valence-corrected chi connectivity index (χ2v) is 9.44. The van der Waals surface area contributed by atoms with Crippen molar-refractivity contribution in [2.75, 3.05) is 4.72 Å². The van der Waals surface area contributed by atoms with Crippen LogP contribution in [0.15, 0.2) is 76.0 Å². The lowest BCUT2D eigenvalue weighted by atomic mass is 10.1. The number of hydrogen-bond acceptors (Lipinski definition) is 5. The lowest BCUT2D eigenvalue weighted by Crippen LogP contribution is -2.13. The third-order valence-electron chi connectivity index (χ3n) is 5.00. The third-order valence-corrected chi connectivity index (χ3v) is 6.63. The monoisotopic (exact) mass is 469 g/mol. The summed E-state index contributed by atoms with van der Waals surface area (Å²) < 4.78 is 39.4. The van der Waals surface area contributed by atoms with Gasteiger partial charge in [0.1, 0.15) is 23.5 Å². The first-order chi connectivity index (χ1) is 15.2. The van der Waals surface area contributed by atoms with Crippen LogP contribution in [0.4, 0.5) is 5.69 Å². The van der Waals surface area contributed by atoms with Gasteiger partial charge in [-0.2, -0.15) is 0 Å². The van der Waals surface area contributed by atoms with Crippen LogP contribution >= 0.6 is 11.6 Å². The number of fused-ring (bicyclic) bond motifs is 1. The van der Waals surface area contributed by atoms with Crippen molar-refractivity contribution in [3.8, 4) is 0 Å². The summed E-state index contributed by atoms with van der Waals surface area (Å²) in [5.41, 5.74) is 2.58. The molecule has 0 spiro atoms. The molecule has 0 amide bonds. The van der Waals surface area contributed by atoms with Gasteiger partial charge in [0.05, 0.1) is 10.6 Å². The largest absolute Gasteiger partial charge is 0.460 e. The van der Waals surface area contributed by atoms with Crippen LogP contribution in [0, 0.1) is 13.8 Å². The van der Waals surface area contributed by atoms with Crippen LogP contribution in [0.25, 0.3) is 11.0 Å². The first-order valence-corrected chi connectivity index (χ1v) is 11.6. The predicted octanol–water partition coefficient (Wildman–Crippen LogP) is 5.86. The zero-order valence-corrected chi connectivity index (χ0v) is 19.0. The first kappa shape index (κ1) is 21.9. The number of hydrogen-bond donors (Lipinski definition) is 1. The van der Waals surface area contributed by atoms with Crippen molar-refractivity contribution in [3.63, 3.8) is 0 Å². The number of aryl methyl sites for hydroxylation is 2. The van der Waals surface area contributed by atoms with Gasteiger partial charge in [-0.15, -0.1) is 0 Å². The van der Waals surface area contributed by atoms with Crippen molar-refractivity contribution < 1.29 is 22.4 Å². The molecule has 0 atom stereocenters. The topological polar surface area (TPSA) is 85.6 Å².